The number of fused-ring (bicyclic) bond motifs is 3. The average molecular weight is 402 g/mol. The highest BCUT2D eigenvalue weighted by molar-refractivity contribution is 5.52. The number of aryl methyl sites for hydroxylation is 1. The summed E-state index contributed by atoms with van der Waals surface area (Å²) in [4.78, 5) is 2.64. The zero-order chi connectivity index (χ0) is 20.5. The van der Waals surface area contributed by atoms with E-state index in [1.54, 1.807) is 6.26 Å². The molecule has 2 bridgehead atoms. The molecular formula is C24H27N5O. The van der Waals surface area contributed by atoms with Crippen LogP contribution in [-0.2, 0) is 13.6 Å². The number of nitriles is 1. The Kier molecular flexibility index (Phi) is 5.16. The molecule has 6 rings (SSSR count). The second kappa shape index (κ2) is 8.10. The number of aromatic nitrogens is 2. The molecule has 3 aliphatic rings. The molecule has 3 saturated heterocycles. The molecule has 2 aromatic heterocycles. The van der Waals surface area contributed by atoms with Crippen LogP contribution in [-0.4, -0.2) is 40.4 Å². The summed E-state index contributed by atoms with van der Waals surface area (Å²) in [5.41, 5.74) is 4.13. The second-order valence-corrected chi connectivity index (χ2v) is 8.54. The van der Waals surface area contributed by atoms with Crippen molar-refractivity contribution in [1.82, 2.24) is 20.0 Å². The highest BCUT2D eigenvalue weighted by Gasteiger charge is 2.41. The molecule has 1 aromatic carbocycles. The molecule has 0 amide bonds. The largest absolute Gasteiger partial charge is 0.463 e. The SMILES string of the molecule is Cn1nc(-c2ccco2)cc1[C@@H]1CN2CC[C@H]1C[C@@H]2CNCc1cccc(C#N)c1. The first kappa shape index (κ1) is 19.1. The molecule has 0 spiro atoms. The number of hydrogen-bond donors (Lipinski definition) is 1. The zero-order valence-corrected chi connectivity index (χ0v) is 17.3. The lowest BCUT2D eigenvalue weighted by Gasteiger charge is -2.50. The minimum absolute atomic E-state index is 0.531. The lowest BCUT2D eigenvalue weighted by molar-refractivity contribution is 0.0282. The summed E-state index contributed by atoms with van der Waals surface area (Å²) >= 11 is 0. The van der Waals surface area contributed by atoms with Gasteiger partial charge < -0.3 is 9.73 Å². The van der Waals surface area contributed by atoms with Crippen molar-refractivity contribution in [3.05, 3.63) is 65.5 Å². The van der Waals surface area contributed by atoms with Crippen LogP contribution in [0.1, 0.15) is 35.6 Å². The van der Waals surface area contributed by atoms with Crippen LogP contribution in [0.5, 0.6) is 0 Å². The maximum atomic E-state index is 9.07. The Hall–Kier alpha value is -2.88. The van der Waals surface area contributed by atoms with E-state index in [-0.39, 0.29) is 0 Å². The first-order valence-electron chi connectivity index (χ1n) is 10.7. The fraction of sp³-hybridized carbons (Fsp3) is 0.417. The van der Waals surface area contributed by atoms with E-state index in [2.05, 4.69) is 28.4 Å². The molecular weight excluding hydrogens is 374 g/mol. The van der Waals surface area contributed by atoms with E-state index in [0.717, 1.165) is 36.7 Å². The van der Waals surface area contributed by atoms with Gasteiger partial charge in [0.05, 0.1) is 17.9 Å². The Morgan fingerprint density at radius 2 is 2.20 bits per heavy atom. The maximum Gasteiger partial charge on any atom is 0.154 e. The van der Waals surface area contributed by atoms with E-state index in [0.29, 0.717) is 17.9 Å². The molecule has 0 radical (unpaired) electrons. The first-order valence-corrected chi connectivity index (χ1v) is 10.7. The van der Waals surface area contributed by atoms with Gasteiger partial charge in [0, 0.05) is 44.3 Å². The molecule has 0 saturated carbocycles. The molecule has 3 aliphatic heterocycles. The van der Waals surface area contributed by atoms with Crippen molar-refractivity contribution in [2.45, 2.75) is 31.3 Å². The van der Waals surface area contributed by atoms with Crippen molar-refractivity contribution in [2.75, 3.05) is 19.6 Å². The van der Waals surface area contributed by atoms with Crippen molar-refractivity contribution < 1.29 is 4.42 Å². The van der Waals surface area contributed by atoms with Gasteiger partial charge in [-0.3, -0.25) is 9.58 Å². The lowest BCUT2D eigenvalue weighted by atomic mass is 9.74. The van der Waals surface area contributed by atoms with Crippen molar-refractivity contribution in [2.24, 2.45) is 13.0 Å². The molecule has 3 aromatic rings. The van der Waals surface area contributed by atoms with E-state index >= 15 is 0 Å². The lowest BCUT2D eigenvalue weighted by Crippen LogP contribution is -2.55. The Balaban J connectivity index is 1.22. The molecule has 154 valence electrons. The maximum absolute atomic E-state index is 9.07. The molecule has 5 heterocycles. The third-order valence-corrected chi connectivity index (χ3v) is 6.71. The zero-order valence-electron chi connectivity index (χ0n) is 17.3. The number of benzene rings is 1. The third kappa shape index (κ3) is 3.67. The number of hydrogen-bond acceptors (Lipinski definition) is 5. The summed E-state index contributed by atoms with van der Waals surface area (Å²) < 4.78 is 7.58. The highest BCUT2D eigenvalue weighted by Crippen LogP contribution is 2.42. The summed E-state index contributed by atoms with van der Waals surface area (Å²) in [7, 11) is 2.05. The minimum Gasteiger partial charge on any atom is -0.463 e. The molecule has 1 N–H and O–H groups in total. The van der Waals surface area contributed by atoms with E-state index in [1.165, 1.54) is 30.6 Å². The monoisotopic (exact) mass is 401 g/mol. The first-order chi connectivity index (χ1) is 14.7. The van der Waals surface area contributed by atoms with Gasteiger partial charge in [0.25, 0.3) is 0 Å². The summed E-state index contributed by atoms with van der Waals surface area (Å²) in [6.07, 6.45) is 4.18. The predicted molar refractivity (Wildman–Crippen MR) is 115 cm³/mol. The molecule has 3 fully saturated rings. The van der Waals surface area contributed by atoms with Crippen molar-refractivity contribution >= 4 is 0 Å². The van der Waals surface area contributed by atoms with Crippen LogP contribution in [0, 0.1) is 17.2 Å². The average Bonchev–Trinajstić information content (AvgIpc) is 3.44. The van der Waals surface area contributed by atoms with Gasteiger partial charge in [-0.25, -0.2) is 0 Å². The molecule has 1 unspecified atom stereocenters. The fourth-order valence-electron chi connectivity index (χ4n) is 5.19. The van der Waals surface area contributed by atoms with Gasteiger partial charge in [-0.05, 0) is 61.2 Å². The number of nitrogens with zero attached hydrogens (tertiary/aromatic N) is 4. The molecule has 6 nitrogen and oxygen atoms in total. The van der Waals surface area contributed by atoms with Crippen LogP contribution in [0.4, 0.5) is 0 Å². The van der Waals surface area contributed by atoms with Crippen molar-refractivity contribution in [3.63, 3.8) is 0 Å². The van der Waals surface area contributed by atoms with Gasteiger partial charge in [-0.15, -0.1) is 0 Å². The molecule has 0 aliphatic carbocycles. The third-order valence-electron chi connectivity index (χ3n) is 6.71. The van der Waals surface area contributed by atoms with Gasteiger partial charge in [-0.2, -0.15) is 10.4 Å². The van der Waals surface area contributed by atoms with E-state index in [9.17, 15) is 0 Å². The standard InChI is InChI=1S/C24H27N5O/c1-28-23(12-22(27-28)24-6-3-9-30-24)21-16-29-8-7-19(21)11-20(29)15-26-14-18-5-2-4-17(10-18)13-25/h2-6,9-10,12,19-21,26H,7-8,11,14-16H2,1H3/t19-,20+,21+/m0/s1. The summed E-state index contributed by atoms with van der Waals surface area (Å²) in [6.45, 7) is 4.07. The van der Waals surface area contributed by atoms with Crippen LogP contribution in [0.25, 0.3) is 11.5 Å². The normalized spacial score (nSPS) is 25.3. The summed E-state index contributed by atoms with van der Waals surface area (Å²) in [5, 5.41) is 17.4. The van der Waals surface area contributed by atoms with Crippen LogP contribution in [0.3, 0.4) is 0 Å². The van der Waals surface area contributed by atoms with Crippen LogP contribution >= 0.6 is 0 Å². The quantitative estimate of drug-likeness (QED) is 0.684. The Morgan fingerprint density at radius 1 is 1.27 bits per heavy atom. The van der Waals surface area contributed by atoms with Gasteiger partial charge in [-0.1, -0.05) is 12.1 Å². The molecule has 6 heteroatoms. The molecule has 4 atom stereocenters. The smallest absolute Gasteiger partial charge is 0.154 e. The number of nitrogens with one attached hydrogen (secondary N) is 1. The Bertz CT molecular complexity index is 1050. The van der Waals surface area contributed by atoms with Crippen LogP contribution in [0.2, 0.25) is 0 Å². The Morgan fingerprint density at radius 3 is 2.97 bits per heavy atom. The highest BCUT2D eigenvalue weighted by atomic mass is 16.3. The van der Waals surface area contributed by atoms with E-state index in [1.807, 2.05) is 42.1 Å². The summed E-state index contributed by atoms with van der Waals surface area (Å²) in [6, 6.07) is 16.7. The van der Waals surface area contributed by atoms with Gasteiger partial charge in [0.1, 0.15) is 5.69 Å². The van der Waals surface area contributed by atoms with Crippen LogP contribution in [0.15, 0.2) is 53.1 Å². The van der Waals surface area contributed by atoms with E-state index < -0.39 is 0 Å². The van der Waals surface area contributed by atoms with Crippen LogP contribution < -0.4 is 5.32 Å². The predicted octanol–water partition coefficient (Wildman–Crippen LogP) is 3.52. The fourth-order valence-corrected chi connectivity index (χ4v) is 5.19. The van der Waals surface area contributed by atoms with Crippen molar-refractivity contribution in [1.29, 1.82) is 5.26 Å². The topological polar surface area (TPSA) is 70.0 Å². The molecule has 30 heavy (non-hydrogen) atoms. The number of piperidine rings is 3. The second-order valence-electron chi connectivity index (χ2n) is 8.54. The Labute approximate surface area is 177 Å². The van der Waals surface area contributed by atoms with E-state index in [4.69, 9.17) is 14.8 Å². The van der Waals surface area contributed by atoms with Crippen molar-refractivity contribution in [3.8, 4) is 17.5 Å². The van der Waals surface area contributed by atoms with Gasteiger partial charge in [0.2, 0.25) is 0 Å². The van der Waals surface area contributed by atoms with Gasteiger partial charge >= 0.3 is 0 Å². The number of rotatable bonds is 6. The van der Waals surface area contributed by atoms with Gasteiger partial charge in [0.15, 0.2) is 5.76 Å². The number of furan rings is 1. The summed E-state index contributed by atoms with van der Waals surface area (Å²) in [5.74, 6) is 2.06. The minimum atomic E-state index is 0.531.